The number of hydrogen-bond acceptors (Lipinski definition) is 8. The molecule has 0 aliphatic rings. The van der Waals surface area contributed by atoms with Crippen LogP contribution in [0.5, 0.6) is 0 Å². The number of benzene rings is 1. The second kappa shape index (κ2) is 16.0. The fourth-order valence-corrected chi connectivity index (χ4v) is 2.65. The van der Waals surface area contributed by atoms with E-state index in [0.29, 0.717) is 18.8 Å². The Kier molecular flexibility index (Phi) is 14.1. The van der Waals surface area contributed by atoms with Crippen molar-refractivity contribution in [2.45, 2.75) is 37.2 Å². The number of esters is 3. The maximum absolute atomic E-state index is 11.9. The molecule has 0 bridgehead atoms. The Morgan fingerprint density at radius 3 is 1.90 bits per heavy atom. The predicted octanol–water partition coefficient (Wildman–Crippen LogP) is 3.09. The van der Waals surface area contributed by atoms with Crippen LogP contribution in [0, 0.1) is 0 Å². The van der Waals surface area contributed by atoms with Crippen LogP contribution in [0.15, 0.2) is 24.3 Å². The van der Waals surface area contributed by atoms with Crippen molar-refractivity contribution < 1.29 is 38.1 Å². The number of rotatable bonds is 15. The van der Waals surface area contributed by atoms with E-state index in [1.54, 1.807) is 26.0 Å². The third-order valence-corrected chi connectivity index (χ3v) is 4.45. The summed E-state index contributed by atoms with van der Waals surface area (Å²) in [4.78, 5) is 34.7. The molecule has 1 aromatic carbocycles. The van der Waals surface area contributed by atoms with Crippen LogP contribution >= 0.6 is 22.6 Å². The quantitative estimate of drug-likeness (QED) is 0.111. The molecule has 0 N–H and O–H groups in total. The minimum absolute atomic E-state index is 0.0000311. The zero-order valence-corrected chi connectivity index (χ0v) is 19.6. The molecular formula is C21H29IO8. The zero-order valence-electron chi connectivity index (χ0n) is 17.4. The average Bonchev–Trinajstić information content (AvgIpc) is 2.73. The van der Waals surface area contributed by atoms with Crippen LogP contribution in [0.1, 0.15) is 42.6 Å². The Morgan fingerprint density at radius 1 is 0.800 bits per heavy atom. The van der Waals surface area contributed by atoms with Crippen molar-refractivity contribution >= 4 is 40.5 Å². The molecular weight excluding hydrogens is 507 g/mol. The van der Waals surface area contributed by atoms with E-state index in [2.05, 4.69) is 22.6 Å². The highest BCUT2D eigenvalue weighted by atomic mass is 127. The summed E-state index contributed by atoms with van der Waals surface area (Å²) in [5.41, 5.74) is 1.66. The number of hydrogen-bond donors (Lipinski definition) is 0. The molecule has 8 nitrogen and oxygen atoms in total. The van der Waals surface area contributed by atoms with Crippen molar-refractivity contribution in [2.75, 3.05) is 39.6 Å². The molecule has 0 saturated carbocycles. The van der Waals surface area contributed by atoms with Crippen molar-refractivity contribution in [3.05, 3.63) is 35.4 Å². The van der Waals surface area contributed by atoms with Gasteiger partial charge in [0.2, 0.25) is 0 Å². The molecule has 0 aliphatic heterocycles. The maximum Gasteiger partial charge on any atom is 0.338 e. The van der Waals surface area contributed by atoms with Gasteiger partial charge in [-0.3, -0.25) is 9.59 Å². The number of carbonyl (C=O) groups excluding carboxylic acids is 3. The highest BCUT2D eigenvalue weighted by Gasteiger charge is 2.10. The summed E-state index contributed by atoms with van der Waals surface area (Å²) in [6.07, 6.45) is -0.218. The normalized spacial score (nSPS) is 10.7. The molecule has 0 heterocycles. The third kappa shape index (κ3) is 12.8. The summed E-state index contributed by atoms with van der Waals surface area (Å²) < 4.78 is 26.5. The standard InChI is InChI=1S/C21H29IO8/c1-16(2)30-20(24)8-7-19(23)28-13-11-26-9-10-27-12-14-29-21(25)18-5-3-17(15-22)4-6-18/h3-6,16H,7-15H2,1-2H3. The predicted molar refractivity (Wildman–Crippen MR) is 118 cm³/mol. The molecule has 0 spiro atoms. The highest BCUT2D eigenvalue weighted by molar-refractivity contribution is 14.1. The van der Waals surface area contributed by atoms with Crippen LogP contribution in [-0.2, 0) is 37.7 Å². The van der Waals surface area contributed by atoms with E-state index in [4.69, 9.17) is 23.7 Å². The largest absolute Gasteiger partial charge is 0.463 e. The SMILES string of the molecule is CC(C)OC(=O)CCC(=O)OCCOCCOCCOC(=O)c1ccc(CI)cc1. The number of carbonyl (C=O) groups is 3. The van der Waals surface area contributed by atoms with Gasteiger partial charge in [0.1, 0.15) is 13.2 Å². The van der Waals surface area contributed by atoms with Gasteiger partial charge in [-0.1, -0.05) is 34.7 Å². The van der Waals surface area contributed by atoms with Crippen LogP contribution in [0.3, 0.4) is 0 Å². The molecule has 0 atom stereocenters. The van der Waals surface area contributed by atoms with Crippen molar-refractivity contribution in [3.8, 4) is 0 Å². The summed E-state index contributed by atoms with van der Waals surface area (Å²) >= 11 is 2.26. The summed E-state index contributed by atoms with van der Waals surface area (Å²) in [6.45, 7) is 4.90. The minimum Gasteiger partial charge on any atom is -0.463 e. The van der Waals surface area contributed by atoms with E-state index in [0.717, 1.165) is 9.99 Å². The lowest BCUT2D eigenvalue weighted by molar-refractivity contribution is -0.153. The van der Waals surface area contributed by atoms with Gasteiger partial charge in [0.25, 0.3) is 0 Å². The van der Waals surface area contributed by atoms with Crippen LogP contribution in [-0.4, -0.2) is 63.7 Å². The topological polar surface area (TPSA) is 97.4 Å². The van der Waals surface area contributed by atoms with Crippen molar-refractivity contribution in [3.63, 3.8) is 0 Å². The van der Waals surface area contributed by atoms with Crippen LogP contribution in [0.4, 0.5) is 0 Å². The molecule has 9 heteroatoms. The van der Waals surface area contributed by atoms with Gasteiger partial charge in [-0.2, -0.15) is 0 Å². The van der Waals surface area contributed by atoms with E-state index < -0.39 is 11.9 Å². The molecule has 0 saturated heterocycles. The first-order valence-corrected chi connectivity index (χ1v) is 11.3. The number of alkyl halides is 1. The number of halogens is 1. The molecule has 30 heavy (non-hydrogen) atoms. The van der Waals surface area contributed by atoms with Gasteiger partial charge >= 0.3 is 17.9 Å². The van der Waals surface area contributed by atoms with E-state index in [1.165, 1.54) is 0 Å². The maximum atomic E-state index is 11.9. The van der Waals surface area contributed by atoms with Gasteiger partial charge in [-0.05, 0) is 31.5 Å². The van der Waals surface area contributed by atoms with Gasteiger partial charge in [0.05, 0.1) is 50.9 Å². The average molecular weight is 536 g/mol. The first-order chi connectivity index (χ1) is 14.4. The van der Waals surface area contributed by atoms with Gasteiger partial charge in [0.15, 0.2) is 0 Å². The monoisotopic (exact) mass is 536 g/mol. The molecule has 0 radical (unpaired) electrons. The summed E-state index contributed by atoms with van der Waals surface area (Å²) in [5, 5.41) is 0. The van der Waals surface area contributed by atoms with Crippen LogP contribution in [0.2, 0.25) is 0 Å². The molecule has 0 fully saturated rings. The molecule has 0 aliphatic carbocycles. The lowest BCUT2D eigenvalue weighted by Gasteiger charge is -2.09. The Hall–Kier alpha value is -1.72. The molecule has 168 valence electrons. The summed E-state index contributed by atoms with van der Waals surface area (Å²) in [6, 6.07) is 7.29. The van der Waals surface area contributed by atoms with Crippen molar-refractivity contribution in [1.29, 1.82) is 0 Å². The van der Waals surface area contributed by atoms with Crippen molar-refractivity contribution in [1.82, 2.24) is 0 Å². The summed E-state index contributed by atoms with van der Waals surface area (Å²) in [7, 11) is 0. The molecule has 1 aromatic rings. The number of ether oxygens (including phenoxy) is 5. The summed E-state index contributed by atoms with van der Waals surface area (Å²) in [5.74, 6) is -1.27. The van der Waals surface area contributed by atoms with E-state index in [9.17, 15) is 14.4 Å². The molecule has 0 amide bonds. The molecule has 0 unspecified atom stereocenters. The van der Waals surface area contributed by atoms with Gasteiger partial charge in [-0.15, -0.1) is 0 Å². The van der Waals surface area contributed by atoms with Crippen molar-refractivity contribution in [2.24, 2.45) is 0 Å². The second-order valence-corrected chi connectivity index (χ2v) is 7.21. The molecule has 0 aromatic heterocycles. The van der Waals surface area contributed by atoms with Gasteiger partial charge in [0, 0.05) is 4.43 Å². The van der Waals surface area contributed by atoms with Crippen LogP contribution < -0.4 is 0 Å². The second-order valence-electron chi connectivity index (χ2n) is 6.45. The first-order valence-electron chi connectivity index (χ1n) is 9.75. The Labute approximate surface area is 190 Å². The highest BCUT2D eigenvalue weighted by Crippen LogP contribution is 2.09. The minimum atomic E-state index is -0.471. The zero-order chi connectivity index (χ0) is 22.2. The molecule has 1 rings (SSSR count). The fraction of sp³-hybridized carbons (Fsp3) is 0.571. The van der Waals surface area contributed by atoms with E-state index in [-0.39, 0.29) is 51.3 Å². The lowest BCUT2D eigenvalue weighted by Crippen LogP contribution is -2.16. The Bertz CT molecular complexity index is 645. The van der Waals surface area contributed by atoms with Gasteiger partial charge < -0.3 is 23.7 Å². The third-order valence-electron chi connectivity index (χ3n) is 3.57. The smallest absolute Gasteiger partial charge is 0.338 e. The van der Waals surface area contributed by atoms with E-state index in [1.807, 2.05) is 12.1 Å². The van der Waals surface area contributed by atoms with Crippen LogP contribution in [0.25, 0.3) is 0 Å². The van der Waals surface area contributed by atoms with Gasteiger partial charge in [-0.25, -0.2) is 4.79 Å². The Balaban J connectivity index is 1.94. The van der Waals surface area contributed by atoms with E-state index >= 15 is 0 Å². The fourth-order valence-electron chi connectivity index (χ4n) is 2.14. The Morgan fingerprint density at radius 2 is 1.33 bits per heavy atom. The first kappa shape index (κ1) is 26.3. The lowest BCUT2D eigenvalue weighted by atomic mass is 10.1.